The molecule has 5 nitrogen and oxygen atoms in total. The van der Waals surface area contributed by atoms with Crippen molar-refractivity contribution in [1.29, 1.82) is 0 Å². The lowest BCUT2D eigenvalue weighted by Gasteiger charge is -2.08. The van der Waals surface area contributed by atoms with Crippen LogP contribution in [0, 0.1) is 0 Å². The van der Waals surface area contributed by atoms with Crippen molar-refractivity contribution in [2.75, 3.05) is 23.0 Å². The fraction of sp³-hybridized carbons (Fsp3) is 0.182. The molecule has 0 fully saturated rings. The maximum Gasteiger partial charge on any atom is 0.255 e. The summed E-state index contributed by atoms with van der Waals surface area (Å²) in [6.07, 6.45) is 0. The van der Waals surface area contributed by atoms with Crippen molar-refractivity contribution in [2.24, 2.45) is 0 Å². The van der Waals surface area contributed by atoms with Crippen LogP contribution in [0.4, 0.5) is 11.4 Å². The number of thiophene rings is 1. The summed E-state index contributed by atoms with van der Waals surface area (Å²) < 4.78 is 5.39. The monoisotopic (exact) mass is 426 g/mol. The lowest BCUT2D eigenvalue weighted by atomic mass is 10.2. The molecule has 0 spiro atoms. The van der Waals surface area contributed by atoms with Crippen LogP contribution in [0.25, 0.3) is 0 Å². The van der Waals surface area contributed by atoms with Crippen LogP contribution in [-0.2, 0) is 10.5 Å². The van der Waals surface area contributed by atoms with Crippen LogP contribution in [0.1, 0.15) is 22.2 Å². The van der Waals surface area contributed by atoms with E-state index in [9.17, 15) is 9.59 Å². The highest BCUT2D eigenvalue weighted by Crippen LogP contribution is 2.19. The van der Waals surface area contributed by atoms with E-state index in [1.165, 1.54) is 4.88 Å². The Kier molecular flexibility index (Phi) is 7.72. The van der Waals surface area contributed by atoms with Gasteiger partial charge in [0, 0.05) is 27.6 Å². The SMILES string of the molecule is CCOc1ccc(NC(=O)c2ccc(NC(=O)CSCc3cccs3)cc2)cc1. The van der Waals surface area contributed by atoms with Crippen LogP contribution >= 0.6 is 23.1 Å². The molecule has 0 atom stereocenters. The van der Waals surface area contributed by atoms with E-state index in [1.807, 2.05) is 30.5 Å². The molecule has 0 saturated carbocycles. The third-order valence-electron chi connectivity index (χ3n) is 3.91. The smallest absolute Gasteiger partial charge is 0.255 e. The molecule has 2 aromatic carbocycles. The molecule has 0 aliphatic rings. The number of hydrogen-bond donors (Lipinski definition) is 2. The Labute approximate surface area is 178 Å². The number of carbonyl (C=O) groups excluding carboxylic acids is 2. The van der Waals surface area contributed by atoms with E-state index in [0.717, 1.165) is 11.5 Å². The van der Waals surface area contributed by atoms with Gasteiger partial charge in [-0.25, -0.2) is 0 Å². The largest absolute Gasteiger partial charge is 0.494 e. The van der Waals surface area contributed by atoms with Crippen molar-refractivity contribution < 1.29 is 14.3 Å². The summed E-state index contributed by atoms with van der Waals surface area (Å²) >= 11 is 3.27. The summed E-state index contributed by atoms with van der Waals surface area (Å²) in [7, 11) is 0. The maximum absolute atomic E-state index is 12.4. The second-order valence-corrected chi connectivity index (χ2v) is 8.13. The molecule has 0 radical (unpaired) electrons. The Morgan fingerprint density at radius 2 is 1.66 bits per heavy atom. The van der Waals surface area contributed by atoms with Gasteiger partial charge in [0.2, 0.25) is 5.91 Å². The van der Waals surface area contributed by atoms with Gasteiger partial charge in [0.1, 0.15) is 5.75 Å². The zero-order valence-corrected chi connectivity index (χ0v) is 17.6. The Morgan fingerprint density at radius 1 is 0.966 bits per heavy atom. The second kappa shape index (κ2) is 10.7. The van der Waals surface area contributed by atoms with Crippen molar-refractivity contribution in [2.45, 2.75) is 12.7 Å². The first kappa shape index (κ1) is 21.0. The summed E-state index contributed by atoms with van der Waals surface area (Å²) in [6, 6.07) is 18.1. The molecule has 150 valence electrons. The lowest BCUT2D eigenvalue weighted by molar-refractivity contribution is -0.113. The zero-order valence-electron chi connectivity index (χ0n) is 16.0. The van der Waals surface area contributed by atoms with Gasteiger partial charge in [0.25, 0.3) is 5.91 Å². The first-order valence-corrected chi connectivity index (χ1v) is 11.2. The van der Waals surface area contributed by atoms with E-state index in [1.54, 1.807) is 59.5 Å². The fourth-order valence-corrected chi connectivity index (χ4v) is 4.21. The second-order valence-electron chi connectivity index (χ2n) is 6.11. The molecule has 0 bridgehead atoms. The standard InChI is InChI=1S/C22H22N2O3S2/c1-2-27-19-11-9-18(10-12-19)24-22(26)16-5-7-17(8-6-16)23-21(25)15-28-14-20-4-3-13-29-20/h3-13H,2,14-15H2,1H3,(H,23,25)(H,24,26). The van der Waals surface area contributed by atoms with Gasteiger partial charge in [-0.1, -0.05) is 6.07 Å². The predicted molar refractivity (Wildman–Crippen MR) is 121 cm³/mol. The van der Waals surface area contributed by atoms with Gasteiger partial charge in [-0.15, -0.1) is 23.1 Å². The molecule has 3 aromatic rings. The highest BCUT2D eigenvalue weighted by molar-refractivity contribution is 7.99. The molecule has 29 heavy (non-hydrogen) atoms. The van der Waals surface area contributed by atoms with Crippen molar-refractivity contribution in [3.05, 3.63) is 76.5 Å². The maximum atomic E-state index is 12.4. The minimum Gasteiger partial charge on any atom is -0.494 e. The number of thioether (sulfide) groups is 1. The Bertz CT molecular complexity index is 924. The van der Waals surface area contributed by atoms with Gasteiger partial charge in [0.15, 0.2) is 0 Å². The van der Waals surface area contributed by atoms with E-state index in [0.29, 0.717) is 29.3 Å². The molecule has 1 heterocycles. The van der Waals surface area contributed by atoms with Crippen LogP contribution < -0.4 is 15.4 Å². The summed E-state index contributed by atoms with van der Waals surface area (Å²) in [6.45, 7) is 2.52. The predicted octanol–water partition coefficient (Wildman–Crippen LogP) is 5.27. The number of amides is 2. The molecular weight excluding hydrogens is 404 g/mol. The number of rotatable bonds is 9. The number of carbonyl (C=O) groups is 2. The van der Waals surface area contributed by atoms with E-state index >= 15 is 0 Å². The molecule has 0 aliphatic carbocycles. The minimum absolute atomic E-state index is 0.0573. The number of nitrogens with one attached hydrogen (secondary N) is 2. The van der Waals surface area contributed by atoms with Gasteiger partial charge in [0.05, 0.1) is 12.4 Å². The van der Waals surface area contributed by atoms with Crippen LogP contribution in [-0.4, -0.2) is 24.2 Å². The Hall–Kier alpha value is -2.77. The number of ether oxygens (including phenoxy) is 1. The van der Waals surface area contributed by atoms with E-state index in [2.05, 4.69) is 16.7 Å². The number of anilines is 2. The third-order valence-corrected chi connectivity index (χ3v) is 5.95. The molecule has 1 aromatic heterocycles. The van der Waals surface area contributed by atoms with E-state index in [-0.39, 0.29) is 11.8 Å². The minimum atomic E-state index is -0.210. The van der Waals surface area contributed by atoms with Gasteiger partial charge >= 0.3 is 0 Å². The summed E-state index contributed by atoms with van der Waals surface area (Å²) in [5.41, 5.74) is 1.88. The van der Waals surface area contributed by atoms with Gasteiger partial charge in [-0.2, -0.15) is 0 Å². The van der Waals surface area contributed by atoms with Crippen molar-refractivity contribution in [3.63, 3.8) is 0 Å². The molecule has 7 heteroatoms. The van der Waals surface area contributed by atoms with Crippen LogP contribution in [0.2, 0.25) is 0 Å². The van der Waals surface area contributed by atoms with Gasteiger partial charge < -0.3 is 15.4 Å². The summed E-state index contributed by atoms with van der Waals surface area (Å²) in [4.78, 5) is 25.7. The molecule has 2 N–H and O–H groups in total. The normalized spacial score (nSPS) is 10.4. The molecular formula is C22H22N2O3S2. The quantitative estimate of drug-likeness (QED) is 0.489. The van der Waals surface area contributed by atoms with E-state index < -0.39 is 0 Å². The van der Waals surface area contributed by atoms with Crippen LogP contribution in [0.3, 0.4) is 0 Å². The average Bonchev–Trinajstić information content (AvgIpc) is 3.24. The van der Waals surface area contributed by atoms with E-state index in [4.69, 9.17) is 4.74 Å². The highest BCUT2D eigenvalue weighted by atomic mass is 32.2. The topological polar surface area (TPSA) is 67.4 Å². The first-order chi connectivity index (χ1) is 14.1. The van der Waals surface area contributed by atoms with Crippen molar-refractivity contribution in [1.82, 2.24) is 0 Å². The summed E-state index contributed by atoms with van der Waals surface area (Å²) in [5.74, 6) is 1.71. The third kappa shape index (κ3) is 6.66. The molecule has 0 aliphatic heterocycles. The molecule has 3 rings (SSSR count). The highest BCUT2D eigenvalue weighted by Gasteiger charge is 2.08. The molecule has 0 saturated heterocycles. The van der Waals surface area contributed by atoms with Gasteiger partial charge in [-0.3, -0.25) is 9.59 Å². The molecule has 0 unspecified atom stereocenters. The fourth-order valence-electron chi connectivity index (χ4n) is 2.55. The Morgan fingerprint density at radius 3 is 2.31 bits per heavy atom. The first-order valence-electron chi connectivity index (χ1n) is 9.18. The number of hydrogen-bond acceptors (Lipinski definition) is 5. The average molecular weight is 427 g/mol. The lowest BCUT2D eigenvalue weighted by Crippen LogP contribution is -2.15. The van der Waals surface area contributed by atoms with Crippen LogP contribution in [0.15, 0.2) is 66.0 Å². The summed E-state index contributed by atoms with van der Waals surface area (Å²) in [5, 5.41) is 7.73. The number of benzene rings is 2. The molecule has 2 amide bonds. The van der Waals surface area contributed by atoms with Crippen molar-refractivity contribution in [3.8, 4) is 5.75 Å². The zero-order chi connectivity index (χ0) is 20.5. The van der Waals surface area contributed by atoms with Crippen LogP contribution in [0.5, 0.6) is 5.75 Å². The van der Waals surface area contributed by atoms with Gasteiger partial charge in [-0.05, 0) is 66.9 Å². The Balaban J connectivity index is 1.47. The van der Waals surface area contributed by atoms with Crippen molar-refractivity contribution >= 4 is 46.3 Å².